The fourth-order valence-electron chi connectivity index (χ4n) is 1.82. The van der Waals surface area contributed by atoms with Gasteiger partial charge in [-0.05, 0) is 37.0 Å². The van der Waals surface area contributed by atoms with Crippen LogP contribution in [-0.2, 0) is 0 Å². The van der Waals surface area contributed by atoms with Crippen molar-refractivity contribution in [3.63, 3.8) is 0 Å². The van der Waals surface area contributed by atoms with Gasteiger partial charge in [-0.1, -0.05) is 18.9 Å². The van der Waals surface area contributed by atoms with Gasteiger partial charge in [-0.2, -0.15) is 11.8 Å². The molecule has 1 rings (SSSR count). The standard InChI is InChI=1S/C14H20FNO2S/c1-19-10-5-3-2-4-9-16-13-11(14(17)18)7-6-8-12(13)15/h6-8,16H,2-5,9-10H2,1H3,(H,17,18). The average molecular weight is 285 g/mol. The summed E-state index contributed by atoms with van der Waals surface area (Å²) in [6.07, 6.45) is 6.44. The van der Waals surface area contributed by atoms with E-state index < -0.39 is 11.8 Å². The zero-order chi connectivity index (χ0) is 14.1. The van der Waals surface area contributed by atoms with Crippen LogP contribution in [0.15, 0.2) is 18.2 Å². The van der Waals surface area contributed by atoms with Gasteiger partial charge in [-0.25, -0.2) is 9.18 Å². The highest BCUT2D eigenvalue weighted by atomic mass is 32.2. The number of thioether (sulfide) groups is 1. The Balaban J connectivity index is 2.38. The maximum Gasteiger partial charge on any atom is 0.337 e. The van der Waals surface area contributed by atoms with Gasteiger partial charge in [0.2, 0.25) is 0 Å². The summed E-state index contributed by atoms with van der Waals surface area (Å²) in [4.78, 5) is 11.0. The molecule has 0 saturated heterocycles. The van der Waals surface area contributed by atoms with Crippen molar-refractivity contribution in [3.05, 3.63) is 29.6 Å². The molecule has 0 aliphatic heterocycles. The van der Waals surface area contributed by atoms with Crippen LogP contribution < -0.4 is 5.32 Å². The number of nitrogens with one attached hydrogen (secondary N) is 1. The lowest BCUT2D eigenvalue weighted by Gasteiger charge is -2.10. The lowest BCUT2D eigenvalue weighted by molar-refractivity contribution is 0.0697. The summed E-state index contributed by atoms with van der Waals surface area (Å²) in [5.74, 6) is -0.451. The van der Waals surface area contributed by atoms with Crippen molar-refractivity contribution >= 4 is 23.4 Å². The molecule has 0 saturated carbocycles. The first-order chi connectivity index (χ1) is 9.16. The third-order valence-electron chi connectivity index (χ3n) is 2.82. The molecule has 0 unspecified atom stereocenters. The fraction of sp³-hybridized carbons (Fsp3) is 0.500. The number of aromatic carboxylic acids is 1. The van der Waals surface area contributed by atoms with Crippen LogP contribution in [0.1, 0.15) is 36.0 Å². The molecule has 106 valence electrons. The molecule has 0 spiro atoms. The number of carboxylic acid groups (broad SMARTS) is 1. The van der Waals surface area contributed by atoms with Gasteiger partial charge in [0.1, 0.15) is 5.82 Å². The Hall–Kier alpha value is -1.23. The summed E-state index contributed by atoms with van der Waals surface area (Å²) >= 11 is 1.84. The van der Waals surface area contributed by atoms with Crippen LogP contribution in [-0.4, -0.2) is 29.6 Å². The van der Waals surface area contributed by atoms with Crippen molar-refractivity contribution in [1.29, 1.82) is 0 Å². The summed E-state index contributed by atoms with van der Waals surface area (Å²) in [6, 6.07) is 4.09. The number of benzene rings is 1. The Labute approximate surface area is 117 Å². The minimum atomic E-state index is -1.11. The molecule has 1 aromatic carbocycles. The van der Waals surface area contributed by atoms with Gasteiger partial charge in [0.05, 0.1) is 11.3 Å². The second kappa shape index (κ2) is 8.80. The number of halogens is 1. The minimum Gasteiger partial charge on any atom is -0.478 e. The molecule has 0 atom stereocenters. The molecule has 0 amide bonds. The number of carboxylic acids is 1. The number of hydrogen-bond donors (Lipinski definition) is 2. The van der Waals surface area contributed by atoms with Crippen LogP contribution in [0, 0.1) is 5.82 Å². The van der Waals surface area contributed by atoms with E-state index in [9.17, 15) is 9.18 Å². The predicted octanol–water partition coefficient (Wildman–Crippen LogP) is 3.86. The normalized spacial score (nSPS) is 10.4. The molecule has 0 heterocycles. The lowest BCUT2D eigenvalue weighted by Crippen LogP contribution is -2.09. The van der Waals surface area contributed by atoms with Crippen molar-refractivity contribution in [2.45, 2.75) is 25.7 Å². The summed E-state index contributed by atoms with van der Waals surface area (Å²) in [5, 5.41) is 11.9. The number of rotatable bonds is 9. The van der Waals surface area contributed by atoms with Crippen LogP contribution in [0.5, 0.6) is 0 Å². The second-order valence-electron chi connectivity index (χ2n) is 4.30. The van der Waals surface area contributed by atoms with Crippen molar-refractivity contribution in [2.24, 2.45) is 0 Å². The van der Waals surface area contributed by atoms with Gasteiger partial charge in [0.15, 0.2) is 0 Å². The first kappa shape index (κ1) is 15.8. The number of unbranched alkanes of at least 4 members (excludes halogenated alkanes) is 3. The summed E-state index contributed by atoms with van der Waals surface area (Å²) in [6.45, 7) is 0.598. The highest BCUT2D eigenvalue weighted by Gasteiger charge is 2.13. The van der Waals surface area contributed by atoms with E-state index >= 15 is 0 Å². The van der Waals surface area contributed by atoms with E-state index in [0.717, 1.165) is 19.3 Å². The SMILES string of the molecule is CSCCCCCCNc1c(F)cccc1C(=O)O. The number of hydrogen-bond acceptors (Lipinski definition) is 3. The fourth-order valence-corrected chi connectivity index (χ4v) is 2.31. The zero-order valence-electron chi connectivity index (χ0n) is 11.1. The number of anilines is 1. The predicted molar refractivity (Wildman–Crippen MR) is 78.7 cm³/mol. The Bertz CT molecular complexity index is 412. The maximum atomic E-state index is 13.6. The first-order valence-corrected chi connectivity index (χ1v) is 7.81. The molecule has 0 radical (unpaired) electrons. The Morgan fingerprint density at radius 1 is 1.32 bits per heavy atom. The van der Waals surface area contributed by atoms with Crippen LogP contribution in [0.4, 0.5) is 10.1 Å². The van der Waals surface area contributed by atoms with Crippen molar-refractivity contribution in [2.75, 3.05) is 23.9 Å². The molecule has 0 aliphatic carbocycles. The molecule has 2 N–H and O–H groups in total. The summed E-state index contributed by atoms with van der Waals surface area (Å²) < 4.78 is 13.6. The Morgan fingerprint density at radius 2 is 2.05 bits per heavy atom. The number of carbonyl (C=O) groups is 1. The lowest BCUT2D eigenvalue weighted by atomic mass is 10.1. The highest BCUT2D eigenvalue weighted by molar-refractivity contribution is 7.98. The van der Waals surface area contributed by atoms with Crippen molar-refractivity contribution < 1.29 is 14.3 Å². The van der Waals surface area contributed by atoms with E-state index in [4.69, 9.17) is 5.11 Å². The van der Waals surface area contributed by atoms with E-state index in [1.807, 2.05) is 11.8 Å². The zero-order valence-corrected chi connectivity index (χ0v) is 11.9. The van der Waals surface area contributed by atoms with E-state index in [0.29, 0.717) is 6.54 Å². The van der Waals surface area contributed by atoms with Gasteiger partial charge >= 0.3 is 5.97 Å². The van der Waals surface area contributed by atoms with E-state index in [-0.39, 0.29) is 11.3 Å². The highest BCUT2D eigenvalue weighted by Crippen LogP contribution is 2.20. The molecule has 0 fully saturated rings. The molecule has 0 bridgehead atoms. The van der Waals surface area contributed by atoms with Crippen molar-refractivity contribution in [3.8, 4) is 0 Å². The van der Waals surface area contributed by atoms with Crippen LogP contribution >= 0.6 is 11.8 Å². The van der Waals surface area contributed by atoms with Gasteiger partial charge in [-0.3, -0.25) is 0 Å². The Morgan fingerprint density at radius 3 is 2.74 bits per heavy atom. The second-order valence-corrected chi connectivity index (χ2v) is 5.29. The molecule has 0 aliphatic rings. The van der Waals surface area contributed by atoms with Gasteiger partial charge in [-0.15, -0.1) is 0 Å². The van der Waals surface area contributed by atoms with E-state index in [2.05, 4.69) is 11.6 Å². The molecule has 1 aromatic rings. The molecular formula is C14H20FNO2S. The third kappa shape index (κ3) is 5.51. The number of para-hydroxylation sites is 1. The van der Waals surface area contributed by atoms with Crippen molar-refractivity contribution in [1.82, 2.24) is 0 Å². The van der Waals surface area contributed by atoms with Crippen LogP contribution in [0.3, 0.4) is 0 Å². The topological polar surface area (TPSA) is 49.3 Å². The van der Waals surface area contributed by atoms with E-state index in [1.165, 1.54) is 30.4 Å². The smallest absolute Gasteiger partial charge is 0.337 e. The van der Waals surface area contributed by atoms with Gasteiger partial charge in [0.25, 0.3) is 0 Å². The van der Waals surface area contributed by atoms with E-state index in [1.54, 1.807) is 0 Å². The molecule has 5 heteroatoms. The molecule has 0 aromatic heterocycles. The average Bonchev–Trinajstić information content (AvgIpc) is 2.39. The summed E-state index contributed by atoms with van der Waals surface area (Å²) in [5.41, 5.74) is 0.0847. The quantitative estimate of drug-likeness (QED) is 0.676. The maximum absolute atomic E-state index is 13.6. The summed E-state index contributed by atoms with van der Waals surface area (Å²) in [7, 11) is 0. The minimum absolute atomic E-state index is 0.0117. The van der Waals surface area contributed by atoms with Gasteiger partial charge < -0.3 is 10.4 Å². The first-order valence-electron chi connectivity index (χ1n) is 6.41. The third-order valence-corrected chi connectivity index (χ3v) is 3.52. The molecule has 19 heavy (non-hydrogen) atoms. The monoisotopic (exact) mass is 285 g/mol. The van der Waals surface area contributed by atoms with Gasteiger partial charge in [0, 0.05) is 6.54 Å². The van der Waals surface area contributed by atoms with Crippen LogP contribution in [0.2, 0.25) is 0 Å². The van der Waals surface area contributed by atoms with Crippen LogP contribution in [0.25, 0.3) is 0 Å². The Kier molecular flexibility index (Phi) is 7.33. The largest absolute Gasteiger partial charge is 0.478 e. The molecular weight excluding hydrogens is 265 g/mol. The molecule has 3 nitrogen and oxygen atoms in total.